The number of likely N-dealkylation sites (tertiary alicyclic amines) is 1. The number of imide groups is 1. The first kappa shape index (κ1) is 22.2. The van der Waals surface area contributed by atoms with Crippen molar-refractivity contribution < 1.29 is 28.6 Å². The van der Waals surface area contributed by atoms with Crippen molar-refractivity contribution in [1.82, 2.24) is 10.2 Å². The monoisotopic (exact) mass is 418 g/mol. The Kier molecular flexibility index (Phi) is 8.21. The molecule has 3 amide bonds. The van der Waals surface area contributed by atoms with Gasteiger partial charge in [0.05, 0.1) is 39.0 Å². The summed E-state index contributed by atoms with van der Waals surface area (Å²) in [6.45, 7) is 2.93. The largest absolute Gasteiger partial charge is 0.453 e. The van der Waals surface area contributed by atoms with E-state index in [4.69, 9.17) is 14.2 Å². The van der Waals surface area contributed by atoms with Crippen molar-refractivity contribution in [2.75, 3.05) is 40.0 Å². The number of nitrogens with zero attached hydrogens (tertiary/aromatic N) is 1. The average molecular weight is 418 g/mol. The number of hydrogen-bond donors (Lipinski definition) is 1. The Morgan fingerprint density at radius 2 is 1.93 bits per heavy atom. The van der Waals surface area contributed by atoms with E-state index in [-0.39, 0.29) is 29.9 Å². The number of rotatable bonds is 8. The van der Waals surface area contributed by atoms with Crippen molar-refractivity contribution in [1.29, 1.82) is 0 Å². The molecule has 8 nitrogen and oxygen atoms in total. The lowest BCUT2D eigenvalue weighted by Gasteiger charge is -2.30. The Bertz CT molecular complexity index is 745. The Balaban J connectivity index is 1.31. The smallest absolute Gasteiger partial charge is 0.409 e. The normalized spacial score (nSPS) is 20.2. The highest BCUT2D eigenvalue weighted by molar-refractivity contribution is 6.00. The van der Waals surface area contributed by atoms with Crippen molar-refractivity contribution in [3.63, 3.8) is 0 Å². The molecule has 0 aromatic heterocycles. The fourth-order valence-corrected chi connectivity index (χ4v) is 3.88. The van der Waals surface area contributed by atoms with Crippen molar-refractivity contribution in [2.45, 2.75) is 44.1 Å². The highest BCUT2D eigenvalue weighted by Crippen LogP contribution is 2.25. The molecule has 2 fully saturated rings. The van der Waals surface area contributed by atoms with E-state index >= 15 is 0 Å². The lowest BCUT2D eigenvalue weighted by molar-refractivity contribution is -0.134. The Hall–Kier alpha value is -2.45. The van der Waals surface area contributed by atoms with Crippen molar-refractivity contribution in [2.24, 2.45) is 0 Å². The van der Waals surface area contributed by atoms with E-state index in [0.717, 1.165) is 30.4 Å². The summed E-state index contributed by atoms with van der Waals surface area (Å²) in [5.74, 6) is -0.672. The number of carbonyl (C=O) groups excluding carboxylic acids is 3. The number of ether oxygens (including phenoxy) is 3. The van der Waals surface area contributed by atoms with Crippen LogP contribution in [-0.2, 0) is 30.2 Å². The maximum absolute atomic E-state index is 12.0. The highest BCUT2D eigenvalue weighted by Gasteiger charge is 2.28. The molecular weight excluding hydrogens is 388 g/mol. The number of benzene rings is 1. The molecule has 1 atom stereocenters. The van der Waals surface area contributed by atoms with Crippen molar-refractivity contribution in [3.05, 3.63) is 35.4 Å². The molecule has 2 heterocycles. The van der Waals surface area contributed by atoms with Crippen molar-refractivity contribution >= 4 is 17.9 Å². The summed E-state index contributed by atoms with van der Waals surface area (Å²) in [5, 5.41) is 2.41. The lowest BCUT2D eigenvalue weighted by atomic mass is 9.89. The zero-order valence-electron chi connectivity index (χ0n) is 17.4. The van der Waals surface area contributed by atoms with Gasteiger partial charge in [-0.3, -0.25) is 14.9 Å². The van der Waals surface area contributed by atoms with Crippen LogP contribution in [0.3, 0.4) is 0 Å². The molecule has 2 saturated heterocycles. The molecular formula is C22H30N2O6. The third-order valence-corrected chi connectivity index (χ3v) is 5.58. The molecule has 164 valence electrons. The van der Waals surface area contributed by atoms with Crippen LogP contribution in [0, 0.1) is 0 Å². The van der Waals surface area contributed by atoms with Crippen LogP contribution in [0.25, 0.3) is 0 Å². The molecule has 1 aromatic carbocycles. The maximum atomic E-state index is 12.0. The van der Waals surface area contributed by atoms with Gasteiger partial charge in [-0.2, -0.15) is 0 Å². The zero-order valence-corrected chi connectivity index (χ0v) is 17.4. The van der Waals surface area contributed by atoms with Crippen LogP contribution in [0.2, 0.25) is 0 Å². The molecule has 2 aliphatic rings. The molecule has 0 radical (unpaired) electrons. The van der Waals surface area contributed by atoms with Gasteiger partial charge in [0.15, 0.2) is 0 Å². The quantitative estimate of drug-likeness (QED) is 0.513. The minimum Gasteiger partial charge on any atom is -0.453 e. The van der Waals surface area contributed by atoms with Crippen LogP contribution in [0.5, 0.6) is 0 Å². The first-order chi connectivity index (χ1) is 14.6. The van der Waals surface area contributed by atoms with E-state index < -0.39 is 0 Å². The summed E-state index contributed by atoms with van der Waals surface area (Å²) in [7, 11) is 1.40. The first-order valence-electron chi connectivity index (χ1n) is 10.5. The van der Waals surface area contributed by atoms with Crippen LogP contribution >= 0.6 is 0 Å². The van der Waals surface area contributed by atoms with Gasteiger partial charge in [0.2, 0.25) is 11.8 Å². The highest BCUT2D eigenvalue weighted by atomic mass is 16.5. The SMILES string of the molecule is COC(=O)N1CCC(OCCOCCc2cccc(C3CCC(=O)NC3=O)c2)CC1. The Morgan fingerprint density at radius 1 is 1.13 bits per heavy atom. The van der Waals surface area contributed by atoms with Crippen LogP contribution in [0.1, 0.15) is 42.7 Å². The third-order valence-electron chi connectivity index (χ3n) is 5.58. The summed E-state index contributed by atoms with van der Waals surface area (Å²) < 4.78 is 16.3. The van der Waals surface area contributed by atoms with E-state index in [1.165, 1.54) is 7.11 Å². The van der Waals surface area contributed by atoms with Crippen LogP contribution in [0.15, 0.2) is 24.3 Å². The van der Waals surface area contributed by atoms with E-state index in [1.54, 1.807) is 4.90 Å². The fourth-order valence-electron chi connectivity index (χ4n) is 3.88. The molecule has 0 saturated carbocycles. The molecule has 0 bridgehead atoms. The van der Waals surface area contributed by atoms with Gasteiger partial charge >= 0.3 is 6.09 Å². The summed E-state index contributed by atoms with van der Waals surface area (Å²) in [4.78, 5) is 36.5. The molecule has 3 rings (SSSR count). The molecule has 1 N–H and O–H groups in total. The summed E-state index contributed by atoms with van der Waals surface area (Å²) in [6.07, 6.45) is 3.17. The Morgan fingerprint density at radius 3 is 2.67 bits per heavy atom. The topological polar surface area (TPSA) is 94.2 Å². The number of methoxy groups -OCH3 is 1. The lowest BCUT2D eigenvalue weighted by Crippen LogP contribution is -2.41. The van der Waals surface area contributed by atoms with E-state index in [2.05, 4.69) is 5.32 Å². The summed E-state index contributed by atoms with van der Waals surface area (Å²) in [5.41, 5.74) is 2.05. The van der Waals surface area contributed by atoms with Gasteiger partial charge in [-0.05, 0) is 36.8 Å². The minimum atomic E-state index is -0.279. The second-order valence-corrected chi connectivity index (χ2v) is 7.64. The average Bonchev–Trinajstić information content (AvgIpc) is 2.76. The number of carbonyl (C=O) groups is 3. The molecule has 1 aromatic rings. The summed E-state index contributed by atoms with van der Waals surface area (Å²) >= 11 is 0. The van der Waals surface area contributed by atoms with Crippen LogP contribution in [0.4, 0.5) is 4.79 Å². The van der Waals surface area contributed by atoms with Gasteiger partial charge in [-0.15, -0.1) is 0 Å². The van der Waals surface area contributed by atoms with E-state index in [0.29, 0.717) is 45.8 Å². The van der Waals surface area contributed by atoms with Gasteiger partial charge < -0.3 is 19.1 Å². The third kappa shape index (κ3) is 6.27. The molecule has 8 heteroatoms. The van der Waals surface area contributed by atoms with Gasteiger partial charge in [0.25, 0.3) is 0 Å². The van der Waals surface area contributed by atoms with Gasteiger partial charge in [0, 0.05) is 19.5 Å². The predicted octanol–water partition coefficient (Wildman–Crippen LogP) is 2.01. The predicted molar refractivity (Wildman–Crippen MR) is 109 cm³/mol. The first-order valence-corrected chi connectivity index (χ1v) is 10.5. The number of nitrogens with one attached hydrogen (secondary N) is 1. The number of amides is 3. The van der Waals surface area contributed by atoms with Gasteiger partial charge in [-0.25, -0.2) is 4.79 Å². The second kappa shape index (κ2) is 11.1. The molecule has 0 spiro atoms. The van der Waals surface area contributed by atoms with E-state index in [1.807, 2.05) is 24.3 Å². The molecule has 2 aliphatic heterocycles. The maximum Gasteiger partial charge on any atom is 0.409 e. The van der Waals surface area contributed by atoms with Crippen LogP contribution in [-0.4, -0.2) is 68.9 Å². The zero-order chi connectivity index (χ0) is 21.3. The van der Waals surface area contributed by atoms with Gasteiger partial charge in [0.1, 0.15) is 0 Å². The fraction of sp³-hybridized carbons (Fsp3) is 0.591. The molecule has 1 unspecified atom stereocenters. The minimum absolute atomic E-state index is 0.153. The number of piperidine rings is 2. The standard InChI is InChI=1S/C22H30N2O6/c1-28-22(27)24-10-7-18(8-11-24)30-14-13-29-12-9-16-3-2-4-17(15-16)19-5-6-20(25)23-21(19)26/h2-4,15,18-19H,5-14H2,1H3,(H,23,25,26). The number of hydrogen-bond acceptors (Lipinski definition) is 6. The van der Waals surface area contributed by atoms with Gasteiger partial charge in [-0.1, -0.05) is 24.3 Å². The summed E-state index contributed by atoms with van der Waals surface area (Å²) in [6, 6.07) is 7.92. The Labute approximate surface area is 176 Å². The molecule has 0 aliphatic carbocycles. The molecule has 30 heavy (non-hydrogen) atoms. The van der Waals surface area contributed by atoms with Crippen molar-refractivity contribution in [3.8, 4) is 0 Å². The van der Waals surface area contributed by atoms with E-state index in [9.17, 15) is 14.4 Å². The second-order valence-electron chi connectivity index (χ2n) is 7.64. The van der Waals surface area contributed by atoms with Crippen LogP contribution < -0.4 is 5.32 Å².